The largest absolute Gasteiger partial charge is 0.488 e. The second-order valence-electron chi connectivity index (χ2n) is 3.72. The van der Waals surface area contributed by atoms with Crippen molar-refractivity contribution < 1.29 is 23.8 Å². The van der Waals surface area contributed by atoms with Gasteiger partial charge in [0.05, 0.1) is 16.7 Å². The predicted molar refractivity (Wildman–Crippen MR) is 57.0 cm³/mol. The zero-order valence-corrected chi connectivity index (χ0v) is 9.33. The third-order valence-corrected chi connectivity index (χ3v) is 2.54. The first-order chi connectivity index (χ1) is 7.99. The summed E-state index contributed by atoms with van der Waals surface area (Å²) in [5.74, 6) is -3.74. The predicted octanol–water partition coefficient (Wildman–Crippen LogP) is 2.29. The number of ketones is 1. The number of hydrogen-bond acceptors (Lipinski definition) is 3. The van der Waals surface area contributed by atoms with Crippen LogP contribution < -0.4 is 4.74 Å². The Morgan fingerprint density at radius 3 is 2.59 bits per heavy atom. The summed E-state index contributed by atoms with van der Waals surface area (Å²) in [5, 5.41) is 8.52. The van der Waals surface area contributed by atoms with Crippen LogP contribution in [0, 0.1) is 5.82 Å². The lowest BCUT2D eigenvalue weighted by Crippen LogP contribution is -2.15. The number of ether oxygens (including phenoxy) is 1. The molecule has 0 aliphatic heterocycles. The Balaban J connectivity index is 2.45. The van der Waals surface area contributed by atoms with Crippen LogP contribution in [0.15, 0.2) is 12.1 Å². The van der Waals surface area contributed by atoms with E-state index in [1.165, 1.54) is 0 Å². The van der Waals surface area contributed by atoms with Gasteiger partial charge in [-0.2, -0.15) is 0 Å². The van der Waals surface area contributed by atoms with E-state index in [4.69, 9.17) is 21.4 Å². The summed E-state index contributed by atoms with van der Waals surface area (Å²) < 4.78 is 18.4. The van der Waals surface area contributed by atoms with E-state index in [0.717, 1.165) is 25.0 Å². The smallest absolute Gasteiger partial charge is 0.377 e. The highest BCUT2D eigenvalue weighted by atomic mass is 35.5. The van der Waals surface area contributed by atoms with Crippen LogP contribution in [0.1, 0.15) is 23.2 Å². The van der Waals surface area contributed by atoms with E-state index in [0.29, 0.717) is 0 Å². The van der Waals surface area contributed by atoms with Gasteiger partial charge < -0.3 is 9.84 Å². The molecule has 17 heavy (non-hydrogen) atoms. The van der Waals surface area contributed by atoms with Gasteiger partial charge in [0.25, 0.3) is 5.78 Å². The lowest BCUT2D eigenvalue weighted by Gasteiger charge is -2.10. The van der Waals surface area contributed by atoms with Gasteiger partial charge in [-0.1, -0.05) is 11.6 Å². The summed E-state index contributed by atoms with van der Waals surface area (Å²) in [6.45, 7) is 0. The van der Waals surface area contributed by atoms with Gasteiger partial charge in [-0.05, 0) is 25.0 Å². The molecular formula is C11H8ClFO4. The molecule has 0 spiro atoms. The fourth-order valence-electron chi connectivity index (χ4n) is 1.32. The highest BCUT2D eigenvalue weighted by Crippen LogP contribution is 2.35. The van der Waals surface area contributed by atoms with Gasteiger partial charge in [-0.15, -0.1) is 0 Å². The third-order valence-electron chi connectivity index (χ3n) is 2.26. The fourth-order valence-corrected chi connectivity index (χ4v) is 1.57. The molecule has 1 aromatic carbocycles. The summed E-state index contributed by atoms with van der Waals surface area (Å²) >= 11 is 5.75. The lowest BCUT2D eigenvalue weighted by molar-refractivity contribution is -0.131. The average Bonchev–Trinajstić information content (AvgIpc) is 3.04. The Morgan fingerprint density at radius 1 is 1.41 bits per heavy atom. The average molecular weight is 259 g/mol. The fraction of sp³-hybridized carbons (Fsp3) is 0.273. The highest BCUT2D eigenvalue weighted by molar-refractivity contribution is 6.42. The maximum absolute atomic E-state index is 13.1. The van der Waals surface area contributed by atoms with Crippen molar-refractivity contribution in [3.05, 3.63) is 28.5 Å². The SMILES string of the molecule is O=C(O)C(=O)c1cc(F)cc(Cl)c1OC1CC1. The number of aliphatic carboxylic acids is 1. The van der Waals surface area contributed by atoms with E-state index >= 15 is 0 Å². The zero-order chi connectivity index (χ0) is 12.6. The minimum atomic E-state index is -1.67. The molecule has 6 heteroatoms. The van der Waals surface area contributed by atoms with Gasteiger partial charge in [0.1, 0.15) is 11.6 Å². The van der Waals surface area contributed by atoms with E-state index in [1.807, 2.05) is 0 Å². The number of hydrogen-bond donors (Lipinski definition) is 1. The standard InChI is InChI=1S/C11H8ClFO4/c12-8-4-5(13)3-7(9(14)11(15)16)10(8)17-6-1-2-6/h3-4,6H,1-2H2,(H,15,16). The van der Waals surface area contributed by atoms with Crippen LogP contribution in [0.5, 0.6) is 5.75 Å². The molecule has 0 atom stereocenters. The highest BCUT2D eigenvalue weighted by Gasteiger charge is 2.29. The molecule has 1 fully saturated rings. The molecule has 0 unspecified atom stereocenters. The molecule has 1 aromatic rings. The molecule has 0 bridgehead atoms. The Hall–Kier alpha value is -1.62. The number of carbonyl (C=O) groups excluding carboxylic acids is 1. The van der Waals surface area contributed by atoms with Gasteiger partial charge in [-0.3, -0.25) is 4.79 Å². The Labute approximate surface area is 101 Å². The normalized spacial score (nSPS) is 14.5. The summed E-state index contributed by atoms with van der Waals surface area (Å²) in [7, 11) is 0. The molecule has 0 aromatic heterocycles. The van der Waals surface area contributed by atoms with Gasteiger partial charge >= 0.3 is 5.97 Å². The van der Waals surface area contributed by atoms with Crippen molar-refractivity contribution in [1.29, 1.82) is 0 Å². The molecule has 0 amide bonds. The van der Waals surface area contributed by atoms with Crippen molar-refractivity contribution >= 4 is 23.4 Å². The van der Waals surface area contributed by atoms with Crippen molar-refractivity contribution in [1.82, 2.24) is 0 Å². The summed E-state index contributed by atoms with van der Waals surface area (Å²) in [5.41, 5.74) is -0.352. The first kappa shape index (κ1) is 11.9. The molecule has 0 heterocycles. The molecular weight excluding hydrogens is 251 g/mol. The number of carbonyl (C=O) groups is 2. The van der Waals surface area contributed by atoms with Gasteiger partial charge in [0, 0.05) is 0 Å². The second-order valence-corrected chi connectivity index (χ2v) is 4.12. The van der Waals surface area contributed by atoms with E-state index in [9.17, 15) is 14.0 Å². The van der Waals surface area contributed by atoms with Crippen LogP contribution in [-0.4, -0.2) is 23.0 Å². The Kier molecular flexibility index (Phi) is 3.02. The second kappa shape index (κ2) is 4.33. The van der Waals surface area contributed by atoms with E-state index < -0.39 is 17.6 Å². The zero-order valence-electron chi connectivity index (χ0n) is 8.57. The van der Waals surface area contributed by atoms with Gasteiger partial charge in [-0.25, -0.2) is 9.18 Å². The maximum atomic E-state index is 13.1. The number of carboxylic acids is 1. The van der Waals surface area contributed by atoms with Crippen molar-refractivity contribution in [2.45, 2.75) is 18.9 Å². The molecule has 1 saturated carbocycles. The Morgan fingerprint density at radius 2 is 2.06 bits per heavy atom. The molecule has 1 aliphatic rings. The van der Waals surface area contributed by atoms with Crippen molar-refractivity contribution in [3.8, 4) is 5.75 Å². The number of carboxylic acid groups (broad SMARTS) is 1. The van der Waals surface area contributed by atoms with Crippen molar-refractivity contribution in [3.63, 3.8) is 0 Å². The number of Topliss-reactive ketones (excluding diaryl/α,β-unsaturated/α-hetero) is 1. The van der Waals surface area contributed by atoms with Crippen LogP contribution in [-0.2, 0) is 4.79 Å². The van der Waals surface area contributed by atoms with Crippen molar-refractivity contribution in [2.75, 3.05) is 0 Å². The summed E-state index contributed by atoms with van der Waals surface area (Å²) in [4.78, 5) is 22.0. The minimum Gasteiger partial charge on any atom is -0.488 e. The first-order valence-corrected chi connectivity index (χ1v) is 5.30. The maximum Gasteiger partial charge on any atom is 0.377 e. The third kappa shape index (κ3) is 2.55. The molecule has 1 aliphatic carbocycles. The van der Waals surface area contributed by atoms with Crippen LogP contribution in [0.4, 0.5) is 4.39 Å². The quantitative estimate of drug-likeness (QED) is 0.665. The molecule has 2 rings (SSSR count). The van der Waals surface area contributed by atoms with Crippen LogP contribution in [0.2, 0.25) is 5.02 Å². The van der Waals surface area contributed by atoms with E-state index in [1.54, 1.807) is 0 Å². The minimum absolute atomic E-state index is 0.0528. The van der Waals surface area contributed by atoms with Crippen LogP contribution >= 0.6 is 11.6 Å². The Bertz CT molecular complexity index is 496. The van der Waals surface area contributed by atoms with E-state index in [-0.39, 0.29) is 22.4 Å². The molecule has 4 nitrogen and oxygen atoms in total. The van der Waals surface area contributed by atoms with Crippen LogP contribution in [0.3, 0.4) is 0 Å². The first-order valence-electron chi connectivity index (χ1n) is 4.92. The van der Waals surface area contributed by atoms with Crippen molar-refractivity contribution in [2.24, 2.45) is 0 Å². The molecule has 90 valence electrons. The number of halogens is 2. The molecule has 0 radical (unpaired) electrons. The number of benzene rings is 1. The lowest BCUT2D eigenvalue weighted by atomic mass is 10.1. The van der Waals surface area contributed by atoms with Gasteiger partial charge in [0.15, 0.2) is 0 Å². The summed E-state index contributed by atoms with van der Waals surface area (Å²) in [6, 6.07) is 1.80. The van der Waals surface area contributed by atoms with E-state index in [2.05, 4.69) is 0 Å². The molecule has 1 N–H and O–H groups in total. The monoisotopic (exact) mass is 258 g/mol. The topological polar surface area (TPSA) is 63.6 Å². The van der Waals surface area contributed by atoms with Gasteiger partial charge in [0.2, 0.25) is 0 Å². The molecule has 0 saturated heterocycles. The summed E-state index contributed by atoms with van der Waals surface area (Å²) in [6.07, 6.45) is 1.56. The number of rotatable bonds is 4. The van der Waals surface area contributed by atoms with Crippen LogP contribution in [0.25, 0.3) is 0 Å².